The van der Waals surface area contributed by atoms with Crippen LogP contribution in [0.5, 0.6) is 17.2 Å². The van der Waals surface area contributed by atoms with Crippen LogP contribution in [0, 0.1) is 0 Å². The second-order valence-corrected chi connectivity index (χ2v) is 6.75. The number of hydrogen-bond acceptors (Lipinski definition) is 7. The van der Waals surface area contributed by atoms with E-state index in [4.69, 9.17) is 14.2 Å². The van der Waals surface area contributed by atoms with Gasteiger partial charge in [-0.05, 0) is 18.6 Å². The number of amides is 1. The molecule has 1 aromatic carbocycles. The summed E-state index contributed by atoms with van der Waals surface area (Å²) in [7, 11) is 4.39. The number of aliphatic carboxylic acids is 1. The van der Waals surface area contributed by atoms with Crippen LogP contribution >= 0.6 is 11.8 Å². The Labute approximate surface area is 151 Å². The maximum atomic E-state index is 13.1. The normalized spacial score (nSPS) is 19.6. The lowest BCUT2D eigenvalue weighted by molar-refractivity contribution is -0.310. The van der Waals surface area contributed by atoms with Crippen molar-refractivity contribution in [1.82, 2.24) is 4.90 Å². The van der Waals surface area contributed by atoms with Crippen LogP contribution < -0.4 is 19.3 Å². The van der Waals surface area contributed by atoms with Crippen molar-refractivity contribution in [2.45, 2.75) is 31.2 Å². The van der Waals surface area contributed by atoms with E-state index in [0.29, 0.717) is 29.4 Å². The van der Waals surface area contributed by atoms with Crippen molar-refractivity contribution in [3.8, 4) is 17.2 Å². The van der Waals surface area contributed by atoms with E-state index < -0.39 is 17.9 Å². The summed E-state index contributed by atoms with van der Waals surface area (Å²) < 4.78 is 15.8. The summed E-state index contributed by atoms with van der Waals surface area (Å²) in [6.45, 7) is 2.00. The summed E-state index contributed by atoms with van der Waals surface area (Å²) in [4.78, 5) is 25.9. The Morgan fingerprint density at radius 2 is 1.80 bits per heavy atom. The monoisotopic (exact) mass is 368 g/mol. The smallest absolute Gasteiger partial charge is 0.255 e. The first-order valence-corrected chi connectivity index (χ1v) is 8.98. The summed E-state index contributed by atoms with van der Waals surface area (Å²) in [5, 5.41) is 11.3. The molecule has 8 heteroatoms. The number of hydrogen-bond donors (Lipinski definition) is 0. The fraction of sp³-hybridized carbons (Fsp3) is 0.529. The summed E-state index contributed by atoms with van der Waals surface area (Å²) in [6, 6.07) is 2.11. The van der Waals surface area contributed by atoms with Crippen molar-refractivity contribution < 1.29 is 28.9 Å². The molecule has 0 unspecified atom stereocenters. The van der Waals surface area contributed by atoms with Gasteiger partial charge in [0.25, 0.3) is 5.91 Å². The maximum absolute atomic E-state index is 13.1. The van der Waals surface area contributed by atoms with E-state index in [9.17, 15) is 14.7 Å². The minimum atomic E-state index is -1.24. The van der Waals surface area contributed by atoms with Crippen LogP contribution in [0.4, 0.5) is 0 Å². The van der Waals surface area contributed by atoms with Crippen LogP contribution in [0.1, 0.15) is 30.1 Å². The quantitative estimate of drug-likeness (QED) is 0.713. The average Bonchev–Trinajstić information content (AvgIpc) is 3.03. The second kappa shape index (κ2) is 8.33. The van der Waals surface area contributed by atoms with E-state index in [1.54, 1.807) is 0 Å². The molecule has 7 nitrogen and oxygen atoms in total. The van der Waals surface area contributed by atoms with Gasteiger partial charge in [0.05, 0.1) is 38.7 Å². The molecule has 0 spiro atoms. The van der Waals surface area contributed by atoms with Crippen LogP contribution in [0.2, 0.25) is 0 Å². The predicted molar refractivity (Wildman–Crippen MR) is 92.2 cm³/mol. The third-order valence-corrected chi connectivity index (χ3v) is 5.40. The fourth-order valence-corrected chi connectivity index (χ4v) is 4.35. The Kier molecular flexibility index (Phi) is 6.41. The SMILES string of the molecule is CCC[C@@H]1SC[C@@H](C(=O)[O-])N1C(=O)c1cc(OC)c(OC)c(OC)c1. The van der Waals surface area contributed by atoms with Gasteiger partial charge in [-0.3, -0.25) is 4.79 Å². The molecule has 138 valence electrons. The van der Waals surface area contributed by atoms with Gasteiger partial charge in [0, 0.05) is 11.3 Å². The first-order chi connectivity index (χ1) is 12.0. The lowest BCUT2D eigenvalue weighted by atomic mass is 10.1. The highest BCUT2D eigenvalue weighted by molar-refractivity contribution is 8.00. The van der Waals surface area contributed by atoms with Gasteiger partial charge in [-0.2, -0.15) is 0 Å². The zero-order valence-electron chi connectivity index (χ0n) is 14.7. The molecule has 1 aliphatic rings. The van der Waals surface area contributed by atoms with Gasteiger partial charge in [-0.15, -0.1) is 11.8 Å². The molecule has 1 aromatic rings. The molecule has 1 heterocycles. The first kappa shape index (κ1) is 19.2. The summed E-state index contributed by atoms with van der Waals surface area (Å²) in [5.41, 5.74) is 0.282. The lowest BCUT2D eigenvalue weighted by Gasteiger charge is -2.30. The zero-order chi connectivity index (χ0) is 18.6. The van der Waals surface area contributed by atoms with Crippen LogP contribution in [-0.4, -0.2) is 55.3 Å². The number of carboxylic acid groups (broad SMARTS) is 1. The van der Waals surface area contributed by atoms with Gasteiger partial charge < -0.3 is 29.0 Å². The minimum Gasteiger partial charge on any atom is -0.548 e. The molecule has 2 atom stereocenters. The molecule has 0 saturated carbocycles. The van der Waals surface area contributed by atoms with Crippen molar-refractivity contribution in [2.75, 3.05) is 27.1 Å². The summed E-state index contributed by atoms with van der Waals surface area (Å²) in [5.74, 6) is -0.255. The number of carboxylic acids is 1. The number of methoxy groups -OCH3 is 3. The van der Waals surface area contributed by atoms with Crippen molar-refractivity contribution in [3.63, 3.8) is 0 Å². The van der Waals surface area contributed by atoms with Crippen molar-refractivity contribution >= 4 is 23.6 Å². The highest BCUT2D eigenvalue weighted by Gasteiger charge is 2.38. The van der Waals surface area contributed by atoms with Gasteiger partial charge in [0.2, 0.25) is 5.75 Å². The van der Waals surface area contributed by atoms with Crippen LogP contribution in [0.3, 0.4) is 0 Å². The van der Waals surface area contributed by atoms with E-state index in [-0.39, 0.29) is 10.9 Å². The average molecular weight is 368 g/mol. The molecule has 0 radical (unpaired) electrons. The number of rotatable bonds is 7. The minimum absolute atomic E-state index is 0.195. The number of carbonyl (C=O) groups excluding carboxylic acids is 2. The van der Waals surface area contributed by atoms with E-state index in [2.05, 4.69) is 0 Å². The number of benzene rings is 1. The standard InChI is InChI=1S/C17H23NO6S/c1-5-6-14-18(11(9-25-14)17(20)21)16(19)10-7-12(22-2)15(24-4)13(8-10)23-3/h7-8,11,14H,5-6,9H2,1-4H3,(H,20,21)/p-1/t11-,14-/m0/s1. The molecule has 25 heavy (non-hydrogen) atoms. The van der Waals surface area contributed by atoms with E-state index in [1.807, 2.05) is 6.92 Å². The molecular formula is C17H22NO6S-. The molecule has 1 aliphatic heterocycles. The molecule has 1 saturated heterocycles. The largest absolute Gasteiger partial charge is 0.548 e. The molecule has 1 fully saturated rings. The number of ether oxygens (including phenoxy) is 3. The molecule has 0 bridgehead atoms. The molecule has 0 aromatic heterocycles. The fourth-order valence-electron chi connectivity index (χ4n) is 2.84. The number of nitrogens with zero attached hydrogens (tertiary/aromatic N) is 1. The molecular weight excluding hydrogens is 346 g/mol. The van der Waals surface area contributed by atoms with Crippen LogP contribution in [0.15, 0.2) is 12.1 Å². The molecule has 1 amide bonds. The van der Waals surface area contributed by atoms with Gasteiger partial charge in [0.1, 0.15) is 0 Å². The molecule has 2 rings (SSSR count). The first-order valence-electron chi connectivity index (χ1n) is 7.93. The highest BCUT2D eigenvalue weighted by atomic mass is 32.2. The van der Waals surface area contributed by atoms with Crippen molar-refractivity contribution in [3.05, 3.63) is 17.7 Å². The van der Waals surface area contributed by atoms with Gasteiger partial charge >= 0.3 is 0 Å². The van der Waals surface area contributed by atoms with Crippen molar-refractivity contribution in [1.29, 1.82) is 0 Å². The van der Waals surface area contributed by atoms with Gasteiger partial charge in [-0.1, -0.05) is 13.3 Å². The van der Waals surface area contributed by atoms with E-state index in [1.165, 1.54) is 50.1 Å². The third kappa shape index (κ3) is 3.78. The van der Waals surface area contributed by atoms with Gasteiger partial charge in [0.15, 0.2) is 11.5 Å². The van der Waals surface area contributed by atoms with E-state index >= 15 is 0 Å². The van der Waals surface area contributed by atoms with E-state index in [0.717, 1.165) is 6.42 Å². The van der Waals surface area contributed by atoms with Crippen LogP contribution in [-0.2, 0) is 4.79 Å². The Hall–Kier alpha value is -2.09. The maximum Gasteiger partial charge on any atom is 0.255 e. The topological polar surface area (TPSA) is 88.1 Å². The predicted octanol–water partition coefficient (Wildman–Crippen LogP) is 1.15. The summed E-state index contributed by atoms with van der Waals surface area (Å²) >= 11 is 1.46. The van der Waals surface area contributed by atoms with Crippen molar-refractivity contribution in [2.24, 2.45) is 0 Å². The zero-order valence-corrected chi connectivity index (χ0v) is 15.6. The Morgan fingerprint density at radius 1 is 1.20 bits per heavy atom. The Balaban J connectivity index is 2.44. The third-order valence-electron chi connectivity index (χ3n) is 4.05. The van der Waals surface area contributed by atoms with Gasteiger partial charge in [-0.25, -0.2) is 0 Å². The Bertz CT molecular complexity index is 625. The highest BCUT2D eigenvalue weighted by Crippen LogP contribution is 2.40. The van der Waals surface area contributed by atoms with Crippen LogP contribution in [0.25, 0.3) is 0 Å². The molecule has 0 aliphatic carbocycles. The number of carbonyl (C=O) groups is 2. The molecule has 0 N–H and O–H groups in total. The second-order valence-electron chi connectivity index (χ2n) is 5.54. The number of thioether (sulfide) groups is 1. The summed E-state index contributed by atoms with van der Waals surface area (Å²) in [6.07, 6.45) is 1.56. The Morgan fingerprint density at radius 3 is 2.24 bits per heavy atom. The lowest BCUT2D eigenvalue weighted by Crippen LogP contribution is -2.50.